The lowest BCUT2D eigenvalue weighted by molar-refractivity contribution is -0.111. The Morgan fingerprint density at radius 1 is 1.45 bits per heavy atom. The summed E-state index contributed by atoms with van der Waals surface area (Å²) in [4.78, 5) is 10.5. The Morgan fingerprint density at radius 2 is 2.00 bits per heavy atom. The van der Waals surface area contributed by atoms with Gasteiger partial charge in [0, 0.05) is 12.6 Å². The minimum Gasteiger partial charge on any atom is -0.399 e. The van der Waals surface area contributed by atoms with Gasteiger partial charge in [-0.1, -0.05) is 6.08 Å². The molecular weight excluding hydrogens is 140 g/mol. The van der Waals surface area contributed by atoms with Gasteiger partial charge in [-0.15, -0.1) is 0 Å². The third kappa shape index (κ3) is 4.08. The fraction of sp³-hybridized carbons (Fsp3) is 0.250. The molecule has 0 rings (SSSR count). The zero-order chi connectivity index (χ0) is 8.85. The Bertz CT molecular complexity index is 226. The van der Waals surface area contributed by atoms with Crippen LogP contribution in [0.5, 0.6) is 0 Å². The lowest BCUT2D eigenvalue weighted by Gasteiger charge is -1.89. The van der Waals surface area contributed by atoms with Gasteiger partial charge >= 0.3 is 0 Å². The lowest BCUT2D eigenvalue weighted by atomic mass is 10.2. The number of hydrogen-bond donors (Lipinski definition) is 2. The van der Waals surface area contributed by atoms with Crippen LogP contribution in [0.2, 0.25) is 0 Å². The first kappa shape index (κ1) is 9.62. The molecule has 11 heavy (non-hydrogen) atoms. The monoisotopic (exact) mass is 152 g/mol. The maximum Gasteiger partial charge on any atom is 0.177 e. The number of nitrogens with two attached hydrogens (primary N) is 1. The maximum absolute atomic E-state index is 10.5. The zero-order valence-corrected chi connectivity index (χ0v) is 6.72. The van der Waals surface area contributed by atoms with E-state index < -0.39 is 0 Å². The van der Waals surface area contributed by atoms with Crippen molar-refractivity contribution in [3.63, 3.8) is 0 Å². The maximum atomic E-state index is 10.5. The molecule has 3 N–H and O–H groups in total. The largest absolute Gasteiger partial charge is 0.399 e. The Labute approximate surface area is 66.1 Å². The summed E-state index contributed by atoms with van der Waals surface area (Å²) in [6.45, 7) is 3.13. The van der Waals surface area contributed by atoms with Crippen LogP contribution in [0, 0.1) is 5.41 Å². The molecule has 0 atom stereocenters. The molecule has 0 heterocycles. The number of rotatable bonds is 3. The predicted octanol–water partition coefficient (Wildman–Crippen LogP) is 1.01. The van der Waals surface area contributed by atoms with Crippen molar-refractivity contribution in [2.45, 2.75) is 13.8 Å². The Kier molecular flexibility index (Phi) is 3.88. The second kappa shape index (κ2) is 4.44. The highest BCUT2D eigenvalue weighted by Crippen LogP contribution is 1.87. The van der Waals surface area contributed by atoms with Crippen molar-refractivity contribution in [3.8, 4) is 0 Å². The summed E-state index contributed by atoms with van der Waals surface area (Å²) < 4.78 is 0. The quantitative estimate of drug-likeness (QED) is 0.468. The third-order valence-electron chi connectivity index (χ3n) is 1.16. The van der Waals surface area contributed by atoms with Crippen LogP contribution in [-0.4, -0.2) is 11.5 Å². The smallest absolute Gasteiger partial charge is 0.177 e. The van der Waals surface area contributed by atoms with E-state index in [0.29, 0.717) is 5.70 Å². The fourth-order valence-corrected chi connectivity index (χ4v) is 0.393. The van der Waals surface area contributed by atoms with Crippen molar-refractivity contribution in [3.05, 3.63) is 23.9 Å². The molecule has 0 aliphatic rings. The van der Waals surface area contributed by atoms with Gasteiger partial charge in [-0.3, -0.25) is 10.2 Å². The first-order chi connectivity index (χ1) is 5.07. The number of allylic oxidation sites excluding steroid dienone is 3. The fourth-order valence-electron chi connectivity index (χ4n) is 0.393. The molecule has 0 bridgehead atoms. The molecule has 3 heteroatoms. The molecule has 3 nitrogen and oxygen atoms in total. The van der Waals surface area contributed by atoms with E-state index in [0.717, 1.165) is 0 Å². The topological polar surface area (TPSA) is 66.9 Å². The summed E-state index contributed by atoms with van der Waals surface area (Å²) in [5.74, 6) is -0.259. The highest BCUT2D eigenvalue weighted by molar-refractivity contribution is 6.42. The van der Waals surface area contributed by atoms with Gasteiger partial charge in [0.25, 0.3) is 0 Å². The van der Waals surface area contributed by atoms with Gasteiger partial charge in [0.15, 0.2) is 5.78 Å². The van der Waals surface area contributed by atoms with Crippen LogP contribution < -0.4 is 5.73 Å². The number of hydrogen-bond acceptors (Lipinski definition) is 3. The number of ketones is 1. The van der Waals surface area contributed by atoms with Gasteiger partial charge in [-0.25, -0.2) is 0 Å². The van der Waals surface area contributed by atoms with Crippen LogP contribution in [0.25, 0.3) is 0 Å². The Hall–Kier alpha value is -1.38. The summed E-state index contributed by atoms with van der Waals surface area (Å²) in [5.41, 5.74) is 5.91. The number of carbonyl (C=O) groups excluding carboxylic acids is 1. The summed E-state index contributed by atoms with van der Waals surface area (Å²) >= 11 is 0. The Morgan fingerprint density at radius 3 is 2.36 bits per heavy atom. The summed E-state index contributed by atoms with van der Waals surface area (Å²) in [5, 5.41) is 7.09. The SMILES string of the molecule is C/C=C(N)\C=C/C(=N)C(C)=O. The van der Waals surface area contributed by atoms with E-state index in [1.807, 2.05) is 0 Å². The molecule has 0 saturated heterocycles. The van der Waals surface area contributed by atoms with Crippen LogP contribution >= 0.6 is 0 Å². The molecule has 0 aliphatic heterocycles. The van der Waals surface area contributed by atoms with E-state index >= 15 is 0 Å². The van der Waals surface area contributed by atoms with E-state index in [-0.39, 0.29) is 11.5 Å². The van der Waals surface area contributed by atoms with Gasteiger partial charge in [-0.05, 0) is 19.1 Å². The first-order valence-corrected chi connectivity index (χ1v) is 3.27. The number of carbonyl (C=O) groups is 1. The minimum absolute atomic E-state index is 0.0326. The molecule has 0 spiro atoms. The zero-order valence-electron chi connectivity index (χ0n) is 6.72. The van der Waals surface area contributed by atoms with Crippen molar-refractivity contribution in [1.29, 1.82) is 5.41 Å². The van der Waals surface area contributed by atoms with Crippen molar-refractivity contribution in [2.24, 2.45) is 5.73 Å². The molecule has 0 amide bonds. The van der Waals surface area contributed by atoms with Crippen LogP contribution in [0.15, 0.2) is 23.9 Å². The standard InChI is InChI=1S/C8H12N2O/c1-3-7(9)4-5-8(10)6(2)11/h3-5,10H,9H2,1-2H3/b5-4-,7-3+,10-8?. The van der Waals surface area contributed by atoms with Gasteiger partial charge < -0.3 is 5.73 Å². The van der Waals surface area contributed by atoms with Crippen molar-refractivity contribution >= 4 is 11.5 Å². The molecule has 0 aromatic carbocycles. The highest BCUT2D eigenvalue weighted by Gasteiger charge is 1.95. The number of Topliss-reactive ketones (excluding diaryl/α,β-unsaturated/α-hetero) is 1. The van der Waals surface area contributed by atoms with E-state index in [9.17, 15) is 4.79 Å². The van der Waals surface area contributed by atoms with Crippen LogP contribution in [0.1, 0.15) is 13.8 Å². The molecule has 0 aliphatic carbocycles. The number of nitrogens with one attached hydrogen (secondary N) is 1. The van der Waals surface area contributed by atoms with Crippen LogP contribution in [0.3, 0.4) is 0 Å². The lowest BCUT2D eigenvalue weighted by Crippen LogP contribution is -2.04. The van der Waals surface area contributed by atoms with Gasteiger partial charge in [0.1, 0.15) is 0 Å². The van der Waals surface area contributed by atoms with E-state index in [1.165, 1.54) is 19.1 Å². The van der Waals surface area contributed by atoms with E-state index in [1.54, 1.807) is 13.0 Å². The minimum atomic E-state index is -0.259. The van der Waals surface area contributed by atoms with E-state index in [2.05, 4.69) is 0 Å². The second-order valence-corrected chi connectivity index (χ2v) is 2.09. The average Bonchev–Trinajstić information content (AvgIpc) is 1.99. The second-order valence-electron chi connectivity index (χ2n) is 2.09. The first-order valence-electron chi connectivity index (χ1n) is 3.27. The normalized spacial score (nSPS) is 12.0. The molecular formula is C8H12N2O. The molecule has 60 valence electrons. The van der Waals surface area contributed by atoms with Gasteiger partial charge in [0.2, 0.25) is 0 Å². The predicted molar refractivity (Wildman–Crippen MR) is 45.5 cm³/mol. The molecule has 0 unspecified atom stereocenters. The van der Waals surface area contributed by atoms with Crippen LogP contribution in [-0.2, 0) is 4.79 Å². The van der Waals surface area contributed by atoms with Crippen molar-refractivity contribution < 1.29 is 4.79 Å². The average molecular weight is 152 g/mol. The van der Waals surface area contributed by atoms with Crippen molar-refractivity contribution in [2.75, 3.05) is 0 Å². The Balaban J connectivity index is 4.15. The summed E-state index contributed by atoms with van der Waals surface area (Å²) in [6.07, 6.45) is 4.62. The van der Waals surface area contributed by atoms with Crippen molar-refractivity contribution in [1.82, 2.24) is 0 Å². The highest BCUT2D eigenvalue weighted by atomic mass is 16.1. The molecule has 0 aromatic heterocycles. The third-order valence-corrected chi connectivity index (χ3v) is 1.16. The summed E-state index contributed by atoms with van der Waals surface area (Å²) in [7, 11) is 0. The van der Waals surface area contributed by atoms with Gasteiger partial charge in [0.05, 0.1) is 5.71 Å². The summed E-state index contributed by atoms with van der Waals surface area (Å²) in [6, 6.07) is 0. The molecule has 0 fully saturated rings. The molecule has 0 radical (unpaired) electrons. The molecule has 0 saturated carbocycles. The van der Waals surface area contributed by atoms with Crippen LogP contribution in [0.4, 0.5) is 0 Å². The van der Waals surface area contributed by atoms with Gasteiger partial charge in [-0.2, -0.15) is 0 Å². The van der Waals surface area contributed by atoms with E-state index in [4.69, 9.17) is 11.1 Å². The molecule has 0 aromatic rings.